The molecule has 2 rings (SSSR count). The van der Waals surface area contributed by atoms with Gasteiger partial charge in [0.05, 0.1) is 6.54 Å². The van der Waals surface area contributed by atoms with Gasteiger partial charge in [0, 0.05) is 30.7 Å². The van der Waals surface area contributed by atoms with Crippen molar-refractivity contribution >= 4 is 17.2 Å². The third kappa shape index (κ3) is 1.99. The van der Waals surface area contributed by atoms with Crippen LogP contribution in [0.3, 0.4) is 0 Å². The molecule has 0 radical (unpaired) electrons. The molecule has 0 bridgehead atoms. The van der Waals surface area contributed by atoms with Crippen LogP contribution < -0.4 is 0 Å². The van der Waals surface area contributed by atoms with E-state index in [0.717, 1.165) is 12.8 Å². The van der Waals surface area contributed by atoms with Crippen molar-refractivity contribution in [1.82, 2.24) is 9.47 Å². The van der Waals surface area contributed by atoms with Gasteiger partial charge in [0.15, 0.2) is 0 Å². The zero-order valence-electron chi connectivity index (χ0n) is 9.68. The molecule has 1 aromatic heterocycles. The van der Waals surface area contributed by atoms with E-state index in [1.54, 1.807) is 0 Å². The minimum absolute atomic E-state index is 0.475. The Bertz CT molecular complexity index is 502. The van der Waals surface area contributed by atoms with E-state index in [1.807, 2.05) is 31.1 Å². The Morgan fingerprint density at radius 1 is 1.38 bits per heavy atom. The Labute approximate surface area is 95.3 Å². The van der Waals surface area contributed by atoms with Gasteiger partial charge >= 0.3 is 0 Å². The van der Waals surface area contributed by atoms with Gasteiger partial charge in [-0.05, 0) is 18.7 Å². The predicted octanol–water partition coefficient (Wildman–Crippen LogP) is 1.81. The molecular formula is C13H16N2O. The van der Waals surface area contributed by atoms with Crippen molar-refractivity contribution in [3.63, 3.8) is 0 Å². The average Bonchev–Trinajstić information content (AvgIpc) is 2.57. The first kappa shape index (κ1) is 10.9. The van der Waals surface area contributed by atoms with Gasteiger partial charge in [-0.1, -0.05) is 18.2 Å². The summed E-state index contributed by atoms with van der Waals surface area (Å²) < 4.78 is 2.12. The second-order valence-electron chi connectivity index (χ2n) is 4.15. The van der Waals surface area contributed by atoms with E-state index >= 15 is 0 Å². The van der Waals surface area contributed by atoms with Crippen LogP contribution in [-0.4, -0.2) is 29.3 Å². The van der Waals surface area contributed by atoms with Gasteiger partial charge < -0.3 is 9.36 Å². The molecular weight excluding hydrogens is 200 g/mol. The standard InChI is InChI=1S/C13H16N2O/c1-14(7-8-16)9-11-10-15(2)13-6-4-3-5-12(11)13/h3-6,8,10H,7,9H2,1-2H3. The number of hydrogen-bond acceptors (Lipinski definition) is 2. The Morgan fingerprint density at radius 3 is 2.88 bits per heavy atom. The van der Waals surface area contributed by atoms with Crippen LogP contribution in [-0.2, 0) is 18.4 Å². The molecule has 0 saturated heterocycles. The zero-order chi connectivity index (χ0) is 11.5. The summed E-state index contributed by atoms with van der Waals surface area (Å²) >= 11 is 0. The van der Waals surface area contributed by atoms with Crippen LogP contribution in [0.4, 0.5) is 0 Å². The van der Waals surface area contributed by atoms with Crippen LogP contribution in [0.2, 0.25) is 0 Å². The molecule has 0 aliphatic rings. The predicted molar refractivity (Wildman–Crippen MR) is 65.3 cm³/mol. The second kappa shape index (κ2) is 4.49. The summed E-state index contributed by atoms with van der Waals surface area (Å²) in [6, 6.07) is 8.32. The fraction of sp³-hybridized carbons (Fsp3) is 0.308. The van der Waals surface area contributed by atoms with E-state index in [0.29, 0.717) is 6.54 Å². The van der Waals surface area contributed by atoms with E-state index < -0.39 is 0 Å². The van der Waals surface area contributed by atoms with Crippen molar-refractivity contribution in [2.24, 2.45) is 7.05 Å². The number of aryl methyl sites for hydroxylation is 1. The Kier molecular flexibility index (Phi) is 3.06. The van der Waals surface area contributed by atoms with Gasteiger partial charge in [-0.25, -0.2) is 0 Å². The Hall–Kier alpha value is -1.61. The topological polar surface area (TPSA) is 25.2 Å². The molecule has 2 aromatic rings. The van der Waals surface area contributed by atoms with Crippen molar-refractivity contribution in [3.05, 3.63) is 36.0 Å². The number of carbonyl (C=O) groups excluding carboxylic acids is 1. The van der Waals surface area contributed by atoms with Crippen LogP contribution in [0.5, 0.6) is 0 Å². The molecule has 0 saturated carbocycles. The van der Waals surface area contributed by atoms with Gasteiger partial charge in [0.2, 0.25) is 0 Å². The Balaban J connectivity index is 2.34. The minimum atomic E-state index is 0.475. The third-order valence-electron chi connectivity index (χ3n) is 2.81. The summed E-state index contributed by atoms with van der Waals surface area (Å²) in [5.74, 6) is 0. The quantitative estimate of drug-likeness (QED) is 0.728. The van der Waals surface area contributed by atoms with Gasteiger partial charge in [-0.3, -0.25) is 4.90 Å². The third-order valence-corrected chi connectivity index (χ3v) is 2.81. The number of hydrogen-bond donors (Lipinski definition) is 0. The number of rotatable bonds is 4. The van der Waals surface area contributed by atoms with Crippen LogP contribution in [0.15, 0.2) is 30.5 Å². The lowest BCUT2D eigenvalue weighted by molar-refractivity contribution is -0.108. The molecule has 0 atom stereocenters. The van der Waals surface area contributed by atoms with Crippen LogP contribution >= 0.6 is 0 Å². The highest BCUT2D eigenvalue weighted by Crippen LogP contribution is 2.21. The van der Waals surface area contributed by atoms with Crippen molar-refractivity contribution in [1.29, 1.82) is 0 Å². The number of fused-ring (bicyclic) bond motifs is 1. The molecule has 1 heterocycles. The summed E-state index contributed by atoms with van der Waals surface area (Å²) in [5, 5.41) is 1.27. The fourth-order valence-electron chi connectivity index (χ4n) is 2.03. The lowest BCUT2D eigenvalue weighted by Gasteiger charge is -2.11. The largest absolute Gasteiger partial charge is 0.350 e. The first-order chi connectivity index (χ1) is 7.72. The average molecular weight is 216 g/mol. The molecule has 0 aliphatic carbocycles. The van der Waals surface area contributed by atoms with Gasteiger partial charge in [-0.2, -0.15) is 0 Å². The number of carbonyl (C=O) groups is 1. The lowest BCUT2D eigenvalue weighted by atomic mass is 10.2. The number of nitrogens with zero attached hydrogens (tertiary/aromatic N) is 2. The first-order valence-corrected chi connectivity index (χ1v) is 5.37. The highest BCUT2D eigenvalue weighted by atomic mass is 16.1. The Morgan fingerprint density at radius 2 is 2.12 bits per heavy atom. The van der Waals surface area contributed by atoms with Crippen molar-refractivity contribution in [2.45, 2.75) is 6.54 Å². The molecule has 16 heavy (non-hydrogen) atoms. The van der Waals surface area contributed by atoms with Gasteiger partial charge in [-0.15, -0.1) is 0 Å². The molecule has 3 nitrogen and oxygen atoms in total. The summed E-state index contributed by atoms with van der Waals surface area (Å²) in [6.45, 7) is 1.28. The van der Waals surface area contributed by atoms with E-state index in [2.05, 4.69) is 22.9 Å². The molecule has 1 aromatic carbocycles. The maximum atomic E-state index is 10.4. The molecule has 0 N–H and O–H groups in total. The summed E-state index contributed by atoms with van der Waals surface area (Å²) in [4.78, 5) is 12.4. The van der Waals surface area contributed by atoms with Crippen molar-refractivity contribution in [3.8, 4) is 0 Å². The molecule has 0 fully saturated rings. The monoisotopic (exact) mass is 216 g/mol. The maximum absolute atomic E-state index is 10.4. The molecule has 0 aliphatic heterocycles. The molecule has 0 spiro atoms. The maximum Gasteiger partial charge on any atom is 0.133 e. The highest BCUT2D eigenvalue weighted by Gasteiger charge is 2.07. The van der Waals surface area contributed by atoms with Crippen LogP contribution in [0.1, 0.15) is 5.56 Å². The van der Waals surface area contributed by atoms with E-state index in [-0.39, 0.29) is 0 Å². The molecule has 84 valence electrons. The highest BCUT2D eigenvalue weighted by molar-refractivity contribution is 5.83. The summed E-state index contributed by atoms with van der Waals surface area (Å²) in [5.41, 5.74) is 2.50. The van der Waals surface area contributed by atoms with E-state index in [4.69, 9.17) is 0 Å². The van der Waals surface area contributed by atoms with Gasteiger partial charge in [0.1, 0.15) is 6.29 Å². The molecule has 0 amide bonds. The lowest BCUT2D eigenvalue weighted by Crippen LogP contribution is -2.19. The van der Waals surface area contributed by atoms with Crippen LogP contribution in [0, 0.1) is 0 Å². The normalized spacial score (nSPS) is 11.2. The number of para-hydroxylation sites is 1. The van der Waals surface area contributed by atoms with Crippen LogP contribution in [0.25, 0.3) is 10.9 Å². The number of aromatic nitrogens is 1. The van der Waals surface area contributed by atoms with E-state index in [1.165, 1.54) is 16.5 Å². The van der Waals surface area contributed by atoms with Crippen molar-refractivity contribution < 1.29 is 4.79 Å². The summed E-state index contributed by atoms with van der Waals surface area (Å²) in [7, 11) is 4.00. The zero-order valence-corrected chi connectivity index (χ0v) is 9.68. The number of aldehydes is 1. The number of likely N-dealkylation sites (N-methyl/N-ethyl adjacent to an activating group) is 1. The smallest absolute Gasteiger partial charge is 0.133 e. The molecule has 3 heteroatoms. The van der Waals surface area contributed by atoms with Crippen molar-refractivity contribution in [2.75, 3.05) is 13.6 Å². The van der Waals surface area contributed by atoms with Gasteiger partial charge in [0.25, 0.3) is 0 Å². The first-order valence-electron chi connectivity index (χ1n) is 5.37. The van der Waals surface area contributed by atoms with E-state index in [9.17, 15) is 4.79 Å². The second-order valence-corrected chi connectivity index (χ2v) is 4.15. The SMILES string of the molecule is CN(CC=O)Cc1cn(C)c2ccccc12. The summed E-state index contributed by atoms with van der Waals surface area (Å²) in [6.07, 6.45) is 3.07. The fourth-order valence-corrected chi connectivity index (χ4v) is 2.03. The molecule has 0 unspecified atom stereocenters. The minimum Gasteiger partial charge on any atom is -0.350 e. The number of benzene rings is 1.